The quantitative estimate of drug-likeness (QED) is 0.596. The minimum Gasteiger partial charge on any atom is -0.461 e. The molecule has 2 nitrogen and oxygen atoms in total. The van der Waals surface area contributed by atoms with Gasteiger partial charge in [-0.1, -0.05) is 49.4 Å². The molecule has 96 valence electrons. The fourth-order valence-electron chi connectivity index (χ4n) is 2.32. The van der Waals surface area contributed by atoms with E-state index in [1.54, 1.807) is 0 Å². The van der Waals surface area contributed by atoms with E-state index < -0.39 is 0 Å². The van der Waals surface area contributed by atoms with E-state index in [9.17, 15) is 4.79 Å². The van der Waals surface area contributed by atoms with Crippen LogP contribution >= 0.6 is 0 Å². The lowest BCUT2D eigenvalue weighted by Crippen LogP contribution is -2.22. The molecule has 18 heavy (non-hydrogen) atoms. The van der Waals surface area contributed by atoms with Gasteiger partial charge in [0.05, 0.1) is 5.92 Å². The number of hydrogen-bond acceptors (Lipinski definition) is 2. The van der Waals surface area contributed by atoms with Gasteiger partial charge >= 0.3 is 5.97 Å². The summed E-state index contributed by atoms with van der Waals surface area (Å²) in [5, 5.41) is 0. The van der Waals surface area contributed by atoms with Crippen LogP contribution in [0.25, 0.3) is 0 Å². The maximum Gasteiger partial charge on any atom is 0.309 e. The third kappa shape index (κ3) is 3.46. The molecule has 0 aliphatic heterocycles. The molecule has 0 spiro atoms. The molecule has 2 rings (SSSR count). The van der Waals surface area contributed by atoms with Gasteiger partial charge in [-0.25, -0.2) is 0 Å². The molecule has 0 N–H and O–H groups in total. The first-order chi connectivity index (χ1) is 8.79. The van der Waals surface area contributed by atoms with Gasteiger partial charge in [-0.15, -0.1) is 0 Å². The third-order valence-electron chi connectivity index (χ3n) is 3.50. The Morgan fingerprint density at radius 3 is 2.83 bits per heavy atom. The van der Waals surface area contributed by atoms with E-state index >= 15 is 0 Å². The highest BCUT2D eigenvalue weighted by Crippen LogP contribution is 2.26. The molecule has 0 unspecified atom stereocenters. The van der Waals surface area contributed by atoms with Gasteiger partial charge in [0, 0.05) is 0 Å². The second-order valence-electron chi connectivity index (χ2n) is 4.86. The van der Waals surface area contributed by atoms with Crippen molar-refractivity contribution < 1.29 is 9.53 Å². The molecule has 0 fully saturated rings. The Morgan fingerprint density at radius 2 is 2.11 bits per heavy atom. The first kappa shape index (κ1) is 12.9. The summed E-state index contributed by atoms with van der Waals surface area (Å²) in [5.41, 5.74) is 1.05. The molecule has 0 aromatic heterocycles. The van der Waals surface area contributed by atoms with Crippen molar-refractivity contribution in [1.29, 1.82) is 0 Å². The number of benzene rings is 1. The highest BCUT2D eigenvalue weighted by molar-refractivity contribution is 5.72. The fourth-order valence-corrected chi connectivity index (χ4v) is 2.32. The predicted octanol–water partition coefficient (Wildman–Crippen LogP) is 3.72. The SMILES string of the molecule is CC[C@@H]1C=CC[C@@H](C(=O)OCc2ccccc2)C1. The average molecular weight is 244 g/mol. The number of carbonyl (C=O) groups is 1. The van der Waals surface area contributed by atoms with E-state index in [-0.39, 0.29) is 11.9 Å². The zero-order chi connectivity index (χ0) is 12.8. The van der Waals surface area contributed by atoms with E-state index in [1.807, 2.05) is 30.3 Å². The van der Waals surface area contributed by atoms with Crippen molar-refractivity contribution in [3.63, 3.8) is 0 Å². The smallest absolute Gasteiger partial charge is 0.309 e. The second kappa shape index (κ2) is 6.39. The lowest BCUT2D eigenvalue weighted by molar-refractivity contribution is -0.150. The molecule has 0 bridgehead atoms. The summed E-state index contributed by atoms with van der Waals surface area (Å²) in [5.74, 6) is 0.526. The normalized spacial score (nSPS) is 22.7. The summed E-state index contributed by atoms with van der Waals surface area (Å²) >= 11 is 0. The zero-order valence-electron chi connectivity index (χ0n) is 10.8. The van der Waals surface area contributed by atoms with Gasteiger partial charge in [-0.05, 0) is 30.7 Å². The molecule has 0 amide bonds. The molecular formula is C16H20O2. The highest BCUT2D eigenvalue weighted by Gasteiger charge is 2.24. The topological polar surface area (TPSA) is 26.3 Å². The number of ether oxygens (including phenoxy) is 1. The maximum atomic E-state index is 12.0. The van der Waals surface area contributed by atoms with Crippen LogP contribution in [0.15, 0.2) is 42.5 Å². The van der Waals surface area contributed by atoms with Crippen molar-refractivity contribution in [3.05, 3.63) is 48.0 Å². The van der Waals surface area contributed by atoms with E-state index in [0.717, 1.165) is 24.8 Å². The van der Waals surface area contributed by atoms with E-state index in [2.05, 4.69) is 19.1 Å². The molecule has 0 heterocycles. The Morgan fingerprint density at radius 1 is 1.33 bits per heavy atom. The Labute approximate surface area is 109 Å². The van der Waals surface area contributed by atoms with Crippen molar-refractivity contribution in [3.8, 4) is 0 Å². The maximum absolute atomic E-state index is 12.0. The van der Waals surface area contributed by atoms with Crippen LogP contribution in [-0.4, -0.2) is 5.97 Å². The summed E-state index contributed by atoms with van der Waals surface area (Å²) in [6, 6.07) is 9.83. The van der Waals surface area contributed by atoms with Crippen LogP contribution < -0.4 is 0 Å². The van der Waals surface area contributed by atoms with Crippen LogP contribution in [0.5, 0.6) is 0 Å². The van der Waals surface area contributed by atoms with Crippen molar-refractivity contribution >= 4 is 5.97 Å². The minimum absolute atomic E-state index is 0.0451. The van der Waals surface area contributed by atoms with Gasteiger partial charge in [0.15, 0.2) is 0 Å². The Kier molecular flexibility index (Phi) is 4.57. The summed E-state index contributed by atoms with van der Waals surface area (Å²) in [4.78, 5) is 12.0. The molecule has 1 aromatic carbocycles. The fraction of sp³-hybridized carbons (Fsp3) is 0.438. The molecule has 2 atom stereocenters. The van der Waals surface area contributed by atoms with Crippen molar-refractivity contribution in [2.24, 2.45) is 11.8 Å². The summed E-state index contributed by atoms with van der Waals surface area (Å²) in [6.45, 7) is 2.55. The number of rotatable bonds is 4. The minimum atomic E-state index is -0.0540. The molecule has 2 heteroatoms. The number of esters is 1. The lowest BCUT2D eigenvalue weighted by Gasteiger charge is -2.22. The van der Waals surface area contributed by atoms with Crippen LogP contribution in [-0.2, 0) is 16.1 Å². The first-order valence-electron chi connectivity index (χ1n) is 6.66. The van der Waals surface area contributed by atoms with E-state index in [1.165, 1.54) is 0 Å². The monoisotopic (exact) mass is 244 g/mol. The first-order valence-corrected chi connectivity index (χ1v) is 6.66. The van der Waals surface area contributed by atoms with Crippen LogP contribution in [0.2, 0.25) is 0 Å². The second-order valence-corrected chi connectivity index (χ2v) is 4.86. The molecule has 0 radical (unpaired) electrons. The molecule has 1 aromatic rings. The zero-order valence-corrected chi connectivity index (χ0v) is 10.8. The van der Waals surface area contributed by atoms with Gasteiger partial charge in [0.25, 0.3) is 0 Å². The Hall–Kier alpha value is -1.57. The van der Waals surface area contributed by atoms with Crippen molar-refractivity contribution in [1.82, 2.24) is 0 Å². The van der Waals surface area contributed by atoms with Crippen LogP contribution in [0, 0.1) is 11.8 Å². The van der Waals surface area contributed by atoms with Crippen molar-refractivity contribution in [2.45, 2.75) is 32.8 Å². The van der Waals surface area contributed by atoms with Crippen LogP contribution in [0.3, 0.4) is 0 Å². The van der Waals surface area contributed by atoms with Gasteiger partial charge in [-0.2, -0.15) is 0 Å². The highest BCUT2D eigenvalue weighted by atomic mass is 16.5. The molecule has 0 saturated heterocycles. The number of carbonyl (C=O) groups excluding carboxylic acids is 1. The Bertz CT molecular complexity index is 408. The van der Waals surface area contributed by atoms with Crippen molar-refractivity contribution in [2.75, 3.05) is 0 Å². The lowest BCUT2D eigenvalue weighted by atomic mass is 9.85. The van der Waals surface area contributed by atoms with E-state index in [0.29, 0.717) is 12.5 Å². The van der Waals surface area contributed by atoms with Crippen LogP contribution in [0.1, 0.15) is 31.7 Å². The van der Waals surface area contributed by atoms with Gasteiger partial charge < -0.3 is 4.74 Å². The summed E-state index contributed by atoms with van der Waals surface area (Å²) < 4.78 is 5.39. The van der Waals surface area contributed by atoms with E-state index in [4.69, 9.17) is 4.74 Å². The number of hydrogen-bond donors (Lipinski definition) is 0. The molecular weight excluding hydrogens is 224 g/mol. The van der Waals surface area contributed by atoms with Crippen LogP contribution in [0.4, 0.5) is 0 Å². The molecule has 1 aliphatic rings. The largest absolute Gasteiger partial charge is 0.461 e. The molecule has 0 saturated carbocycles. The average Bonchev–Trinajstić information content (AvgIpc) is 2.46. The summed E-state index contributed by atoms with van der Waals surface area (Å²) in [6.07, 6.45) is 7.19. The van der Waals surface area contributed by atoms with Gasteiger partial charge in [0.1, 0.15) is 6.61 Å². The molecule has 1 aliphatic carbocycles. The predicted molar refractivity (Wildman–Crippen MR) is 71.9 cm³/mol. The standard InChI is InChI=1S/C16H20O2/c1-2-13-9-6-10-15(11-13)16(17)18-12-14-7-4-3-5-8-14/h3-9,13,15H,2,10-12H2,1H3/t13-,15-/m1/s1. The third-order valence-corrected chi connectivity index (χ3v) is 3.50. The van der Waals surface area contributed by atoms with Gasteiger partial charge in [0.2, 0.25) is 0 Å². The number of allylic oxidation sites excluding steroid dienone is 2. The Balaban J connectivity index is 1.83. The summed E-state index contributed by atoms with van der Waals surface area (Å²) in [7, 11) is 0. The van der Waals surface area contributed by atoms with Gasteiger partial charge in [-0.3, -0.25) is 4.79 Å².